The van der Waals surface area contributed by atoms with E-state index in [0.717, 1.165) is 24.8 Å². The van der Waals surface area contributed by atoms with Crippen LogP contribution in [0.15, 0.2) is 48.5 Å². The van der Waals surface area contributed by atoms with E-state index in [1.165, 1.54) is 0 Å². The smallest absolute Gasteiger partial charge is 0.251 e. The first-order valence-electron chi connectivity index (χ1n) is 15.3. The van der Waals surface area contributed by atoms with Crippen LogP contribution in [0.25, 0.3) is 0 Å². The zero-order chi connectivity index (χ0) is 30.5. The first-order chi connectivity index (χ1) is 20.7. The zero-order valence-corrected chi connectivity index (χ0v) is 24.8. The van der Waals surface area contributed by atoms with Gasteiger partial charge in [-0.25, -0.2) is 0 Å². The van der Waals surface area contributed by atoms with E-state index in [9.17, 15) is 24.8 Å². The van der Waals surface area contributed by atoms with Crippen molar-refractivity contribution >= 4 is 17.7 Å². The van der Waals surface area contributed by atoms with Gasteiger partial charge in [0.2, 0.25) is 11.8 Å². The molecular weight excluding hydrogens is 546 g/mol. The molecule has 3 N–H and O–H groups in total. The second kappa shape index (κ2) is 13.1. The molecule has 2 aromatic rings. The standard InChI is InChI=1S/C33H41N5O5/c1-35-29(39)25-8-12-27(13-9-25)43-26-10-6-24(7-11-26)23-37-20-16-33(17-21-37)31(41)36-28(30(40)38(33)19-5-18-34)22-32(42)14-3-2-4-15-32/h6-13,28,42H,2-5,14-17,19-23H2,1H3,(H,35,39)(H,36,41)/t28-/m1/s1. The summed E-state index contributed by atoms with van der Waals surface area (Å²) in [7, 11) is 1.59. The van der Waals surface area contributed by atoms with Crippen LogP contribution in [0, 0.1) is 11.3 Å². The van der Waals surface area contributed by atoms with Gasteiger partial charge in [0.1, 0.15) is 23.1 Å². The van der Waals surface area contributed by atoms with Crippen LogP contribution in [-0.2, 0) is 16.1 Å². The van der Waals surface area contributed by atoms with Crippen molar-refractivity contribution in [2.24, 2.45) is 0 Å². The molecule has 3 fully saturated rings. The summed E-state index contributed by atoms with van der Waals surface area (Å²) in [5.74, 6) is 0.828. The van der Waals surface area contributed by atoms with Crippen LogP contribution in [0.2, 0.25) is 0 Å². The molecular formula is C33H41N5O5. The van der Waals surface area contributed by atoms with Gasteiger partial charge in [0.15, 0.2) is 0 Å². The van der Waals surface area contributed by atoms with Crippen LogP contribution >= 0.6 is 0 Å². The molecule has 1 atom stereocenters. The number of rotatable bonds is 9. The lowest BCUT2D eigenvalue weighted by molar-refractivity contribution is -0.163. The highest BCUT2D eigenvalue weighted by Gasteiger charge is 2.54. The highest BCUT2D eigenvalue weighted by molar-refractivity contribution is 6.00. The van der Waals surface area contributed by atoms with Gasteiger partial charge in [0.05, 0.1) is 18.1 Å². The summed E-state index contributed by atoms with van der Waals surface area (Å²) in [6.07, 6.45) is 5.57. The monoisotopic (exact) mass is 587 g/mol. The highest BCUT2D eigenvalue weighted by Crippen LogP contribution is 2.37. The maximum absolute atomic E-state index is 13.7. The number of likely N-dealkylation sites (tertiary alicyclic amines) is 1. The number of ether oxygens (including phenoxy) is 1. The first kappa shape index (κ1) is 30.5. The van der Waals surface area contributed by atoms with Crippen molar-refractivity contribution in [1.29, 1.82) is 5.26 Å². The Kier molecular flexibility index (Phi) is 9.33. The Bertz CT molecular complexity index is 1340. The third-order valence-corrected chi connectivity index (χ3v) is 9.22. The third kappa shape index (κ3) is 6.84. The zero-order valence-electron chi connectivity index (χ0n) is 24.8. The number of amides is 3. The second-order valence-electron chi connectivity index (χ2n) is 12.1. The number of piperidine rings is 1. The fourth-order valence-corrected chi connectivity index (χ4v) is 6.75. The van der Waals surface area contributed by atoms with Crippen molar-refractivity contribution < 1.29 is 24.2 Å². The fraction of sp³-hybridized carbons (Fsp3) is 0.515. The van der Waals surface area contributed by atoms with Gasteiger partial charge in [-0.1, -0.05) is 31.4 Å². The molecule has 5 rings (SSSR count). The fourth-order valence-electron chi connectivity index (χ4n) is 6.75. The van der Waals surface area contributed by atoms with Crippen LogP contribution in [0.5, 0.6) is 11.5 Å². The van der Waals surface area contributed by atoms with Gasteiger partial charge in [0, 0.05) is 45.2 Å². The molecule has 1 saturated carbocycles. The van der Waals surface area contributed by atoms with E-state index < -0.39 is 17.2 Å². The average Bonchev–Trinajstić information content (AvgIpc) is 3.02. The summed E-state index contributed by atoms with van der Waals surface area (Å²) in [6.45, 7) is 2.18. The Balaban J connectivity index is 1.19. The number of benzene rings is 2. The van der Waals surface area contributed by atoms with Gasteiger partial charge in [-0.15, -0.1) is 0 Å². The number of carbonyl (C=O) groups excluding carboxylic acids is 3. The number of nitriles is 1. The molecule has 2 saturated heterocycles. The highest BCUT2D eigenvalue weighted by atomic mass is 16.5. The number of nitrogens with one attached hydrogen (secondary N) is 2. The number of hydrogen-bond acceptors (Lipinski definition) is 7. The minimum atomic E-state index is -0.971. The molecule has 1 spiro atoms. The Morgan fingerprint density at radius 2 is 1.65 bits per heavy atom. The Hall–Kier alpha value is -3.94. The van der Waals surface area contributed by atoms with Gasteiger partial charge >= 0.3 is 0 Å². The van der Waals surface area contributed by atoms with Crippen molar-refractivity contribution in [3.05, 3.63) is 59.7 Å². The van der Waals surface area contributed by atoms with Crippen molar-refractivity contribution in [2.75, 3.05) is 26.7 Å². The van der Waals surface area contributed by atoms with Crippen LogP contribution in [-0.4, -0.2) is 76.5 Å². The predicted octanol–water partition coefficient (Wildman–Crippen LogP) is 3.50. The summed E-state index contributed by atoms with van der Waals surface area (Å²) in [5.41, 5.74) is -0.237. The van der Waals surface area contributed by atoms with E-state index >= 15 is 0 Å². The summed E-state index contributed by atoms with van der Waals surface area (Å²) < 4.78 is 5.93. The molecule has 0 unspecified atom stereocenters. The Morgan fingerprint density at radius 1 is 1.02 bits per heavy atom. The van der Waals surface area contributed by atoms with Crippen molar-refractivity contribution in [1.82, 2.24) is 20.4 Å². The normalized spacial score (nSPS) is 21.6. The average molecular weight is 588 g/mol. The molecule has 0 radical (unpaired) electrons. The quantitative estimate of drug-likeness (QED) is 0.409. The van der Waals surface area contributed by atoms with Crippen LogP contribution < -0.4 is 15.4 Å². The number of nitrogens with zero attached hydrogens (tertiary/aromatic N) is 3. The molecule has 3 amide bonds. The second-order valence-corrected chi connectivity index (χ2v) is 12.1. The van der Waals surface area contributed by atoms with E-state index in [0.29, 0.717) is 62.4 Å². The molecule has 10 heteroatoms. The lowest BCUT2D eigenvalue weighted by Crippen LogP contribution is -2.73. The third-order valence-electron chi connectivity index (χ3n) is 9.22. The van der Waals surface area contributed by atoms with Gasteiger partial charge in [-0.3, -0.25) is 19.3 Å². The topological polar surface area (TPSA) is 135 Å². The lowest BCUT2D eigenvalue weighted by Gasteiger charge is -2.52. The minimum Gasteiger partial charge on any atom is -0.457 e. The SMILES string of the molecule is CNC(=O)c1ccc(Oc2ccc(CN3CCC4(CC3)C(=O)N[C@H](CC3(O)CCCCC3)C(=O)N4CCC#N)cc2)cc1. The molecule has 0 bridgehead atoms. The summed E-state index contributed by atoms with van der Waals surface area (Å²) >= 11 is 0. The number of hydrogen-bond donors (Lipinski definition) is 3. The van der Waals surface area contributed by atoms with E-state index in [1.54, 1.807) is 36.2 Å². The predicted molar refractivity (Wildman–Crippen MR) is 160 cm³/mol. The molecule has 43 heavy (non-hydrogen) atoms. The first-order valence-corrected chi connectivity index (χ1v) is 15.3. The van der Waals surface area contributed by atoms with Crippen molar-refractivity contribution in [3.63, 3.8) is 0 Å². The summed E-state index contributed by atoms with van der Waals surface area (Å²) in [4.78, 5) is 43.0. The van der Waals surface area contributed by atoms with Crippen LogP contribution in [0.3, 0.4) is 0 Å². The van der Waals surface area contributed by atoms with Crippen molar-refractivity contribution in [3.8, 4) is 17.6 Å². The Morgan fingerprint density at radius 3 is 2.26 bits per heavy atom. The van der Waals surface area contributed by atoms with E-state index in [1.807, 2.05) is 24.3 Å². The number of carbonyl (C=O) groups is 3. The molecule has 2 aromatic carbocycles. The molecule has 3 aliphatic rings. The number of aliphatic hydroxyl groups is 1. The van der Waals surface area contributed by atoms with Crippen LogP contribution in [0.1, 0.15) is 73.7 Å². The van der Waals surface area contributed by atoms with Gasteiger partial charge in [0.25, 0.3) is 5.91 Å². The summed E-state index contributed by atoms with van der Waals surface area (Å²) in [6, 6.07) is 16.2. The maximum Gasteiger partial charge on any atom is 0.251 e. The lowest BCUT2D eigenvalue weighted by atomic mass is 9.77. The maximum atomic E-state index is 13.7. The van der Waals surface area contributed by atoms with Crippen LogP contribution in [0.4, 0.5) is 0 Å². The number of piperazine rings is 1. The molecule has 10 nitrogen and oxygen atoms in total. The van der Waals surface area contributed by atoms with Crippen molar-refractivity contribution in [2.45, 2.75) is 81.5 Å². The van der Waals surface area contributed by atoms with E-state index in [-0.39, 0.29) is 37.1 Å². The molecule has 2 heterocycles. The van der Waals surface area contributed by atoms with Gasteiger partial charge in [-0.2, -0.15) is 5.26 Å². The molecule has 2 aliphatic heterocycles. The Labute approximate surface area is 253 Å². The van der Waals surface area contributed by atoms with Gasteiger partial charge in [-0.05, 0) is 67.6 Å². The van der Waals surface area contributed by atoms with E-state index in [4.69, 9.17) is 4.74 Å². The van der Waals surface area contributed by atoms with E-state index in [2.05, 4.69) is 21.6 Å². The molecule has 1 aliphatic carbocycles. The minimum absolute atomic E-state index is 0.149. The summed E-state index contributed by atoms with van der Waals surface area (Å²) in [5, 5.41) is 26.0. The van der Waals surface area contributed by atoms with Gasteiger partial charge < -0.3 is 25.4 Å². The largest absolute Gasteiger partial charge is 0.457 e. The molecule has 228 valence electrons. The molecule has 0 aromatic heterocycles.